The Bertz CT molecular complexity index is 719. The molecule has 0 aliphatic carbocycles. The fourth-order valence-electron chi connectivity index (χ4n) is 2.01. The molecule has 0 unspecified atom stereocenters. The third-order valence-corrected chi connectivity index (χ3v) is 4.05. The number of pyridine rings is 1. The molecule has 1 aromatic heterocycles. The lowest BCUT2D eigenvalue weighted by Crippen LogP contribution is -2.05. The number of aromatic hydroxyl groups is 1. The quantitative estimate of drug-likeness (QED) is 0.823. The van der Waals surface area contributed by atoms with E-state index in [1.165, 1.54) is 11.8 Å². The molecular weight excluding hydrogens is 308 g/mol. The lowest BCUT2D eigenvalue weighted by molar-refractivity contribution is 0.339. The Morgan fingerprint density at radius 2 is 2.19 bits per heavy atom. The number of benzene rings is 1. The van der Waals surface area contributed by atoms with Crippen LogP contribution in [0.3, 0.4) is 0 Å². The molecule has 0 saturated carbocycles. The maximum absolute atomic E-state index is 10.1. The third kappa shape index (κ3) is 2.94. The number of fused-ring (bicyclic) bond motifs is 1. The lowest BCUT2D eigenvalue weighted by atomic mass is 10.1. The minimum Gasteiger partial charge on any atom is -0.507 e. The maximum Gasteiger partial charge on any atom is 0.130 e. The van der Waals surface area contributed by atoms with Crippen LogP contribution in [0.25, 0.3) is 5.70 Å². The summed E-state index contributed by atoms with van der Waals surface area (Å²) >= 11 is 7.34. The summed E-state index contributed by atoms with van der Waals surface area (Å²) in [4.78, 5) is 4.25. The number of hydrogen-bond acceptors (Lipinski definition) is 5. The normalized spacial score (nSPS) is 13.1. The smallest absolute Gasteiger partial charge is 0.130 e. The predicted octanol–water partition coefficient (Wildman–Crippen LogP) is 4.36. The Hall–Kier alpha value is -1.85. The van der Waals surface area contributed by atoms with Gasteiger partial charge in [-0.25, -0.2) is 4.98 Å². The Balaban J connectivity index is 1.94. The number of phenols is 1. The summed E-state index contributed by atoms with van der Waals surface area (Å²) in [5, 5.41) is 16.5. The number of nitrogens with one attached hydrogen (secondary N) is 1. The van der Waals surface area contributed by atoms with E-state index in [-0.39, 0.29) is 5.75 Å². The first-order valence-corrected chi connectivity index (χ1v) is 7.69. The van der Waals surface area contributed by atoms with E-state index in [0.717, 1.165) is 22.2 Å². The van der Waals surface area contributed by atoms with Gasteiger partial charge in [-0.2, -0.15) is 0 Å². The minimum atomic E-state index is 0.197. The van der Waals surface area contributed by atoms with Crippen LogP contribution in [0.15, 0.2) is 40.8 Å². The Morgan fingerprint density at radius 1 is 1.33 bits per heavy atom. The van der Waals surface area contributed by atoms with Gasteiger partial charge in [-0.05, 0) is 37.3 Å². The molecule has 108 valence electrons. The van der Waals surface area contributed by atoms with Gasteiger partial charge >= 0.3 is 0 Å². The first-order valence-electron chi connectivity index (χ1n) is 6.44. The molecule has 1 aliphatic rings. The van der Waals surface area contributed by atoms with E-state index < -0.39 is 0 Å². The van der Waals surface area contributed by atoms with Crippen molar-refractivity contribution in [3.63, 3.8) is 0 Å². The molecule has 1 aromatic carbocycles. The van der Waals surface area contributed by atoms with Gasteiger partial charge in [-0.15, -0.1) is 0 Å². The molecule has 1 aliphatic heterocycles. The summed E-state index contributed by atoms with van der Waals surface area (Å²) in [5.74, 6) is 0.918. The molecule has 2 aromatic rings. The fraction of sp³-hybridized carbons (Fsp3) is 0.133. The van der Waals surface area contributed by atoms with Crippen molar-refractivity contribution >= 4 is 34.7 Å². The molecule has 0 spiro atoms. The predicted molar refractivity (Wildman–Crippen MR) is 86.0 cm³/mol. The summed E-state index contributed by atoms with van der Waals surface area (Å²) in [6.07, 6.45) is 0. The largest absolute Gasteiger partial charge is 0.507 e. The molecule has 2 N–H and O–H groups in total. The molecule has 3 rings (SSSR count). The molecule has 4 nitrogen and oxygen atoms in total. The third-order valence-electron chi connectivity index (χ3n) is 2.95. The van der Waals surface area contributed by atoms with E-state index in [1.54, 1.807) is 18.2 Å². The van der Waals surface area contributed by atoms with Gasteiger partial charge in [0.2, 0.25) is 0 Å². The monoisotopic (exact) mass is 320 g/mol. The van der Waals surface area contributed by atoms with Gasteiger partial charge in [-0.3, -0.25) is 0 Å². The standard InChI is InChI=1S/C15H13ClN2O2S/c1-2-20-9-3-5-13(19)10(7-9)12-8-21-15-11(17-12)4-6-14(16)18-15/h3-8,17,19H,2H2,1H3. The fourth-order valence-corrected chi connectivity index (χ4v) is 3.02. The van der Waals surface area contributed by atoms with Crippen molar-refractivity contribution in [3.05, 3.63) is 46.5 Å². The van der Waals surface area contributed by atoms with Crippen LogP contribution in [0.5, 0.6) is 11.5 Å². The van der Waals surface area contributed by atoms with E-state index in [1.807, 2.05) is 24.5 Å². The van der Waals surface area contributed by atoms with Crippen LogP contribution >= 0.6 is 23.4 Å². The first kappa shape index (κ1) is 14.1. The van der Waals surface area contributed by atoms with Gasteiger partial charge in [0.1, 0.15) is 21.7 Å². The van der Waals surface area contributed by atoms with Gasteiger partial charge in [0, 0.05) is 11.0 Å². The van der Waals surface area contributed by atoms with Crippen molar-refractivity contribution in [1.29, 1.82) is 0 Å². The molecule has 0 fully saturated rings. The molecule has 0 amide bonds. The highest BCUT2D eigenvalue weighted by atomic mass is 35.5. The zero-order valence-electron chi connectivity index (χ0n) is 11.3. The molecule has 6 heteroatoms. The van der Waals surface area contributed by atoms with Crippen LogP contribution in [0.4, 0.5) is 5.69 Å². The molecule has 0 atom stereocenters. The Kier molecular flexibility index (Phi) is 3.94. The van der Waals surface area contributed by atoms with E-state index in [0.29, 0.717) is 17.3 Å². The average Bonchev–Trinajstić information content (AvgIpc) is 2.49. The second-order valence-corrected chi connectivity index (χ2v) is 5.62. The number of rotatable bonds is 3. The molecular formula is C15H13ClN2O2S. The summed E-state index contributed by atoms with van der Waals surface area (Å²) in [7, 11) is 0. The van der Waals surface area contributed by atoms with Crippen LogP contribution in [-0.2, 0) is 0 Å². The summed E-state index contributed by atoms with van der Waals surface area (Å²) in [5.41, 5.74) is 2.35. The van der Waals surface area contributed by atoms with Crippen LogP contribution in [-0.4, -0.2) is 16.7 Å². The van der Waals surface area contributed by atoms with Crippen molar-refractivity contribution in [2.75, 3.05) is 11.9 Å². The van der Waals surface area contributed by atoms with Crippen molar-refractivity contribution in [1.82, 2.24) is 4.98 Å². The number of ether oxygens (including phenoxy) is 1. The summed E-state index contributed by atoms with van der Waals surface area (Å²) in [6, 6.07) is 8.78. The highest BCUT2D eigenvalue weighted by molar-refractivity contribution is 8.02. The number of thioether (sulfide) groups is 1. The second-order valence-electron chi connectivity index (χ2n) is 4.37. The zero-order valence-corrected chi connectivity index (χ0v) is 12.8. The van der Waals surface area contributed by atoms with Gasteiger partial charge in [0.05, 0.1) is 18.0 Å². The zero-order chi connectivity index (χ0) is 14.8. The van der Waals surface area contributed by atoms with Crippen molar-refractivity contribution in [2.45, 2.75) is 11.9 Å². The van der Waals surface area contributed by atoms with Crippen molar-refractivity contribution in [3.8, 4) is 11.5 Å². The number of phenolic OH excluding ortho intramolecular Hbond substituents is 1. The second kappa shape index (κ2) is 5.87. The number of aromatic nitrogens is 1. The molecule has 0 radical (unpaired) electrons. The molecule has 21 heavy (non-hydrogen) atoms. The summed E-state index contributed by atoms with van der Waals surface area (Å²) < 4.78 is 5.47. The van der Waals surface area contributed by atoms with E-state index in [2.05, 4.69) is 10.3 Å². The average molecular weight is 321 g/mol. The van der Waals surface area contributed by atoms with Gasteiger partial charge in [-0.1, -0.05) is 23.4 Å². The minimum absolute atomic E-state index is 0.197. The van der Waals surface area contributed by atoms with Crippen molar-refractivity contribution in [2.24, 2.45) is 0 Å². The topological polar surface area (TPSA) is 54.4 Å². The van der Waals surface area contributed by atoms with Gasteiger partial charge < -0.3 is 15.2 Å². The lowest BCUT2D eigenvalue weighted by Gasteiger charge is -2.19. The van der Waals surface area contributed by atoms with Crippen molar-refractivity contribution < 1.29 is 9.84 Å². The van der Waals surface area contributed by atoms with Crippen LogP contribution in [0.1, 0.15) is 12.5 Å². The molecule has 2 heterocycles. The molecule has 0 saturated heterocycles. The molecule has 0 bridgehead atoms. The van der Waals surface area contributed by atoms with Gasteiger partial charge in [0.25, 0.3) is 0 Å². The number of anilines is 1. The summed E-state index contributed by atoms with van der Waals surface area (Å²) in [6.45, 7) is 2.50. The van der Waals surface area contributed by atoms with Crippen LogP contribution in [0, 0.1) is 0 Å². The number of nitrogens with zero attached hydrogens (tertiary/aromatic N) is 1. The number of halogens is 1. The number of hydrogen-bond donors (Lipinski definition) is 2. The maximum atomic E-state index is 10.1. The van der Waals surface area contributed by atoms with Crippen LogP contribution in [0.2, 0.25) is 5.15 Å². The SMILES string of the molecule is CCOc1ccc(O)c(C2=CSc3nc(Cl)ccc3N2)c1. The first-order chi connectivity index (χ1) is 10.2. The van der Waals surface area contributed by atoms with E-state index in [9.17, 15) is 5.11 Å². The van der Waals surface area contributed by atoms with E-state index >= 15 is 0 Å². The Labute approximate surface area is 131 Å². The van der Waals surface area contributed by atoms with Gasteiger partial charge in [0.15, 0.2) is 0 Å². The highest BCUT2D eigenvalue weighted by Crippen LogP contribution is 2.39. The Morgan fingerprint density at radius 3 is 3.00 bits per heavy atom. The van der Waals surface area contributed by atoms with Crippen LogP contribution < -0.4 is 10.1 Å². The highest BCUT2D eigenvalue weighted by Gasteiger charge is 2.17. The van der Waals surface area contributed by atoms with E-state index in [4.69, 9.17) is 16.3 Å².